The molecule has 0 atom stereocenters. The Morgan fingerprint density at radius 1 is 1.27 bits per heavy atom. The van der Waals surface area contributed by atoms with Gasteiger partial charge in [0.25, 0.3) is 5.56 Å². The topological polar surface area (TPSA) is 32.9 Å². The van der Waals surface area contributed by atoms with Crippen LogP contribution in [0.2, 0.25) is 0 Å². The second-order valence-corrected chi connectivity index (χ2v) is 2.88. The second kappa shape index (κ2) is 3.27. The smallest absolute Gasteiger partial charge is 0.265 e. The van der Waals surface area contributed by atoms with Gasteiger partial charge in [-0.05, 0) is 12.1 Å². The maximum Gasteiger partial charge on any atom is 0.265 e. The molecule has 51 valence electrons. The fourth-order valence-electron chi connectivity index (χ4n) is 0.900. The van der Waals surface area contributed by atoms with Crippen LogP contribution >= 0.6 is 11.5 Å². The van der Waals surface area contributed by atoms with Crippen molar-refractivity contribution in [2.75, 3.05) is 0 Å². The van der Waals surface area contributed by atoms with Crippen molar-refractivity contribution in [3.63, 3.8) is 0 Å². The molecule has 0 amide bonds. The SMILES string of the molecule is O=c1[nH]sc2ccccc12.[Li]. The van der Waals surface area contributed by atoms with E-state index in [-0.39, 0.29) is 24.4 Å². The Balaban J connectivity index is 0.000000605. The number of benzene rings is 1. The van der Waals surface area contributed by atoms with Crippen molar-refractivity contribution in [3.8, 4) is 0 Å². The van der Waals surface area contributed by atoms with Gasteiger partial charge in [-0.1, -0.05) is 23.7 Å². The molecule has 1 aromatic carbocycles. The molecular formula is C7H5LiNOS. The van der Waals surface area contributed by atoms with E-state index in [4.69, 9.17) is 0 Å². The van der Waals surface area contributed by atoms with Gasteiger partial charge in [0, 0.05) is 18.9 Å². The summed E-state index contributed by atoms with van der Waals surface area (Å²) in [5.74, 6) is 0. The summed E-state index contributed by atoms with van der Waals surface area (Å²) in [6.45, 7) is 0. The Bertz CT molecular complexity index is 406. The zero-order valence-electron chi connectivity index (χ0n) is 6.13. The standard InChI is InChI=1S/C7H5NOS.Li/c9-7-5-3-1-2-4-6(5)10-8-7;/h1-4H,(H,8,9);. The second-order valence-electron chi connectivity index (χ2n) is 2.03. The third kappa shape index (κ3) is 1.41. The molecule has 0 saturated carbocycles. The molecule has 1 N–H and O–H groups in total. The van der Waals surface area contributed by atoms with Crippen LogP contribution in [0.4, 0.5) is 0 Å². The van der Waals surface area contributed by atoms with Gasteiger partial charge in [-0.2, -0.15) is 0 Å². The summed E-state index contributed by atoms with van der Waals surface area (Å²) < 4.78 is 3.68. The molecule has 0 aliphatic rings. The molecule has 0 spiro atoms. The van der Waals surface area contributed by atoms with E-state index in [1.54, 1.807) is 0 Å². The maximum absolute atomic E-state index is 10.9. The molecule has 1 radical (unpaired) electrons. The van der Waals surface area contributed by atoms with Gasteiger partial charge in [-0.15, -0.1) is 0 Å². The average molecular weight is 158 g/mol. The van der Waals surface area contributed by atoms with Crippen molar-refractivity contribution >= 4 is 40.5 Å². The van der Waals surface area contributed by atoms with Gasteiger partial charge in [-0.3, -0.25) is 9.17 Å². The molecule has 2 aromatic rings. The molecule has 0 aliphatic heterocycles. The normalized spacial score (nSPS) is 9.45. The summed E-state index contributed by atoms with van der Waals surface area (Å²) in [5.41, 5.74) is 0.0144. The van der Waals surface area contributed by atoms with Crippen LogP contribution in [0.25, 0.3) is 10.1 Å². The Kier molecular flexibility index (Phi) is 2.56. The molecular weight excluding hydrogens is 153 g/mol. The van der Waals surface area contributed by atoms with Crippen molar-refractivity contribution in [1.82, 2.24) is 4.37 Å². The van der Waals surface area contributed by atoms with Gasteiger partial charge < -0.3 is 0 Å². The quantitative estimate of drug-likeness (QED) is 0.574. The molecule has 2 nitrogen and oxygen atoms in total. The Morgan fingerprint density at radius 3 is 2.73 bits per heavy atom. The largest absolute Gasteiger partial charge is 0.277 e. The number of aromatic nitrogens is 1. The van der Waals surface area contributed by atoms with Crippen molar-refractivity contribution in [2.45, 2.75) is 0 Å². The molecule has 1 aromatic heterocycles. The van der Waals surface area contributed by atoms with Crippen LogP contribution in [0, 0.1) is 0 Å². The number of rotatable bonds is 0. The van der Waals surface area contributed by atoms with Crippen molar-refractivity contribution < 1.29 is 0 Å². The van der Waals surface area contributed by atoms with Crippen LogP contribution in [0.15, 0.2) is 29.1 Å². The number of hydrogen-bond acceptors (Lipinski definition) is 2. The number of fused-ring (bicyclic) bond motifs is 1. The van der Waals surface area contributed by atoms with Gasteiger partial charge in [-0.25, -0.2) is 0 Å². The molecule has 0 bridgehead atoms. The minimum atomic E-state index is 0. The first kappa shape index (κ1) is 8.60. The zero-order valence-corrected chi connectivity index (χ0v) is 6.94. The van der Waals surface area contributed by atoms with Crippen LogP contribution in [0.3, 0.4) is 0 Å². The average Bonchev–Trinajstić information content (AvgIpc) is 2.34. The summed E-state index contributed by atoms with van der Waals surface area (Å²) >= 11 is 1.38. The number of H-pyrrole nitrogens is 1. The molecule has 11 heavy (non-hydrogen) atoms. The first-order chi connectivity index (χ1) is 4.88. The predicted molar refractivity (Wildman–Crippen MR) is 48.2 cm³/mol. The molecule has 4 heteroatoms. The fourth-order valence-corrected chi connectivity index (χ4v) is 1.63. The number of nitrogens with one attached hydrogen (secondary N) is 1. The summed E-state index contributed by atoms with van der Waals surface area (Å²) in [4.78, 5) is 10.9. The van der Waals surface area contributed by atoms with Crippen molar-refractivity contribution in [1.29, 1.82) is 0 Å². The van der Waals surface area contributed by atoms with Crippen LogP contribution in [-0.2, 0) is 0 Å². The molecule has 0 saturated heterocycles. The van der Waals surface area contributed by atoms with E-state index < -0.39 is 0 Å². The summed E-state index contributed by atoms with van der Waals surface area (Å²) in [7, 11) is 0. The summed E-state index contributed by atoms with van der Waals surface area (Å²) in [6.07, 6.45) is 0. The van der Waals surface area contributed by atoms with Crippen LogP contribution in [0.1, 0.15) is 0 Å². The first-order valence-corrected chi connectivity index (χ1v) is 3.76. The van der Waals surface area contributed by atoms with E-state index in [0.717, 1.165) is 10.1 Å². The minimum absolute atomic E-state index is 0. The maximum atomic E-state index is 10.9. The van der Waals surface area contributed by atoms with E-state index in [2.05, 4.69) is 4.37 Å². The number of aromatic amines is 1. The third-order valence-electron chi connectivity index (χ3n) is 1.39. The van der Waals surface area contributed by atoms with Gasteiger partial charge >= 0.3 is 0 Å². The van der Waals surface area contributed by atoms with Gasteiger partial charge in [0.15, 0.2) is 0 Å². The van der Waals surface area contributed by atoms with Crippen LogP contribution in [0.5, 0.6) is 0 Å². The van der Waals surface area contributed by atoms with E-state index >= 15 is 0 Å². The van der Waals surface area contributed by atoms with Gasteiger partial charge in [0.1, 0.15) is 0 Å². The summed E-state index contributed by atoms with van der Waals surface area (Å²) in [6, 6.07) is 7.54. The van der Waals surface area contributed by atoms with E-state index in [1.807, 2.05) is 24.3 Å². The first-order valence-electron chi connectivity index (χ1n) is 2.94. The van der Waals surface area contributed by atoms with Crippen molar-refractivity contribution in [3.05, 3.63) is 34.6 Å². The van der Waals surface area contributed by atoms with Crippen LogP contribution < -0.4 is 5.56 Å². The van der Waals surface area contributed by atoms with E-state index in [1.165, 1.54) is 11.5 Å². The zero-order chi connectivity index (χ0) is 6.97. The summed E-state index contributed by atoms with van der Waals surface area (Å²) in [5, 5.41) is 0.785. The third-order valence-corrected chi connectivity index (χ3v) is 2.25. The predicted octanol–water partition coefficient (Wildman–Crippen LogP) is 1.21. The molecule has 0 unspecified atom stereocenters. The van der Waals surface area contributed by atoms with Gasteiger partial charge in [0.2, 0.25) is 0 Å². The molecule has 1 heterocycles. The Hall–Kier alpha value is -0.493. The van der Waals surface area contributed by atoms with E-state index in [0.29, 0.717) is 0 Å². The minimum Gasteiger partial charge on any atom is -0.277 e. The van der Waals surface area contributed by atoms with Crippen molar-refractivity contribution in [2.24, 2.45) is 0 Å². The molecule has 0 fully saturated rings. The molecule has 2 rings (SSSR count). The Morgan fingerprint density at radius 2 is 2.00 bits per heavy atom. The van der Waals surface area contributed by atoms with Crippen LogP contribution in [-0.4, -0.2) is 23.2 Å². The fraction of sp³-hybridized carbons (Fsp3) is 0. The molecule has 0 aliphatic carbocycles. The Labute approximate surface area is 79.6 Å². The number of hydrogen-bond donors (Lipinski definition) is 1. The van der Waals surface area contributed by atoms with E-state index in [9.17, 15) is 4.79 Å². The monoisotopic (exact) mass is 158 g/mol. The van der Waals surface area contributed by atoms with Gasteiger partial charge in [0.05, 0.1) is 10.1 Å².